The second-order valence-corrected chi connectivity index (χ2v) is 4.63. The van der Waals surface area contributed by atoms with Crippen LogP contribution in [0.3, 0.4) is 0 Å². The Bertz CT molecular complexity index is 417. The fourth-order valence-corrected chi connectivity index (χ4v) is 2.20. The fourth-order valence-electron chi connectivity index (χ4n) is 2.20. The number of rotatable bonds is 3. The normalized spacial score (nSPS) is 18.3. The maximum Gasteiger partial charge on any atom is 0.151 e. The number of nitrogens with one attached hydrogen (secondary N) is 1. The van der Waals surface area contributed by atoms with Gasteiger partial charge in [0.15, 0.2) is 5.82 Å². The minimum Gasteiger partial charge on any atom is -0.395 e. The molecule has 17 heavy (non-hydrogen) atoms. The summed E-state index contributed by atoms with van der Waals surface area (Å²) in [5.74, 6) is -1.47. The van der Waals surface area contributed by atoms with Gasteiger partial charge < -0.3 is 16.2 Å². The molecule has 0 atom stereocenters. The number of hydrogen-bond acceptors (Lipinski definition) is 3. The monoisotopic (exact) mass is 242 g/mol. The molecule has 4 N–H and O–H groups in total. The van der Waals surface area contributed by atoms with Crippen LogP contribution < -0.4 is 11.1 Å². The molecule has 94 valence electrons. The van der Waals surface area contributed by atoms with Crippen molar-refractivity contribution in [1.29, 1.82) is 0 Å². The van der Waals surface area contributed by atoms with Crippen LogP contribution in [-0.4, -0.2) is 17.3 Å². The van der Waals surface area contributed by atoms with Crippen LogP contribution >= 0.6 is 0 Å². The second kappa shape index (κ2) is 4.49. The van der Waals surface area contributed by atoms with E-state index >= 15 is 0 Å². The molecule has 1 aliphatic rings. The summed E-state index contributed by atoms with van der Waals surface area (Å²) in [4.78, 5) is 0. The molecular weight excluding hydrogens is 226 g/mol. The van der Waals surface area contributed by atoms with E-state index in [4.69, 9.17) is 5.73 Å². The number of halogens is 2. The van der Waals surface area contributed by atoms with E-state index in [2.05, 4.69) is 5.32 Å². The van der Waals surface area contributed by atoms with E-state index in [-0.39, 0.29) is 17.9 Å². The number of nitrogens with two attached hydrogens (primary N) is 1. The van der Waals surface area contributed by atoms with Crippen LogP contribution in [0.5, 0.6) is 0 Å². The molecule has 3 nitrogen and oxygen atoms in total. The average molecular weight is 242 g/mol. The first-order valence-electron chi connectivity index (χ1n) is 5.71. The first kappa shape index (κ1) is 12.1. The van der Waals surface area contributed by atoms with Crippen LogP contribution in [0.25, 0.3) is 0 Å². The summed E-state index contributed by atoms with van der Waals surface area (Å²) >= 11 is 0. The molecule has 5 heteroatoms. The molecule has 1 fully saturated rings. The Morgan fingerprint density at radius 1 is 1.29 bits per heavy atom. The first-order chi connectivity index (χ1) is 8.00. The molecule has 1 aromatic rings. The van der Waals surface area contributed by atoms with Crippen molar-refractivity contribution < 1.29 is 13.9 Å². The van der Waals surface area contributed by atoms with Gasteiger partial charge in [-0.25, -0.2) is 8.78 Å². The van der Waals surface area contributed by atoms with Crippen LogP contribution in [0.1, 0.15) is 25.7 Å². The third kappa shape index (κ3) is 2.66. The second-order valence-electron chi connectivity index (χ2n) is 4.63. The summed E-state index contributed by atoms with van der Waals surface area (Å²) in [6.45, 7) is 0.264. The molecular formula is C12H16F2N2O. The summed E-state index contributed by atoms with van der Waals surface area (Å²) in [6, 6.07) is 1.88. The van der Waals surface area contributed by atoms with Crippen LogP contribution in [0.2, 0.25) is 0 Å². The van der Waals surface area contributed by atoms with Crippen LogP contribution in [-0.2, 0) is 0 Å². The van der Waals surface area contributed by atoms with Gasteiger partial charge in [0.05, 0.1) is 17.0 Å². The summed E-state index contributed by atoms with van der Waals surface area (Å²) in [5, 5.41) is 12.9. The Morgan fingerprint density at radius 2 is 1.94 bits per heavy atom. The highest BCUT2D eigenvalue weighted by Crippen LogP contribution is 2.31. The van der Waals surface area contributed by atoms with Crippen LogP contribution in [0.4, 0.5) is 20.2 Å². The molecule has 0 heterocycles. The number of benzene rings is 1. The molecule has 0 radical (unpaired) electrons. The number of nitrogen functional groups attached to an aromatic ring is 1. The summed E-state index contributed by atoms with van der Waals surface area (Å²) in [7, 11) is 0. The lowest BCUT2D eigenvalue weighted by Gasteiger charge is -2.23. The van der Waals surface area contributed by atoms with Gasteiger partial charge in [-0.05, 0) is 18.9 Å². The molecule has 1 aromatic carbocycles. The predicted molar refractivity (Wildman–Crippen MR) is 62.7 cm³/mol. The van der Waals surface area contributed by atoms with Crippen molar-refractivity contribution in [2.45, 2.75) is 31.3 Å². The van der Waals surface area contributed by atoms with Gasteiger partial charge in [0.2, 0.25) is 0 Å². The zero-order chi connectivity index (χ0) is 12.5. The van der Waals surface area contributed by atoms with Gasteiger partial charge >= 0.3 is 0 Å². The molecule has 1 aliphatic carbocycles. The summed E-state index contributed by atoms with van der Waals surface area (Å²) in [6.07, 6.45) is 3.37. The number of aliphatic hydroxyl groups is 1. The molecule has 0 saturated heterocycles. The van der Waals surface area contributed by atoms with Crippen molar-refractivity contribution in [1.82, 2.24) is 0 Å². The maximum absolute atomic E-state index is 13.2. The molecule has 0 aromatic heterocycles. The SMILES string of the molecule is Nc1c(F)cc(F)cc1NCC1(O)CCCC1. The Hall–Kier alpha value is -1.36. The van der Waals surface area contributed by atoms with E-state index < -0.39 is 17.2 Å². The third-order valence-electron chi connectivity index (χ3n) is 3.24. The van der Waals surface area contributed by atoms with Crippen molar-refractivity contribution in [3.8, 4) is 0 Å². The molecule has 0 spiro atoms. The first-order valence-corrected chi connectivity index (χ1v) is 5.71. The lowest BCUT2D eigenvalue weighted by molar-refractivity contribution is 0.0615. The largest absolute Gasteiger partial charge is 0.395 e. The minimum absolute atomic E-state index is 0.118. The highest BCUT2D eigenvalue weighted by atomic mass is 19.1. The van der Waals surface area contributed by atoms with E-state index in [9.17, 15) is 13.9 Å². The average Bonchev–Trinajstić information content (AvgIpc) is 2.69. The summed E-state index contributed by atoms with van der Waals surface area (Å²) < 4.78 is 26.2. The molecule has 2 rings (SSSR count). The van der Waals surface area contributed by atoms with Gasteiger partial charge in [-0.3, -0.25) is 0 Å². The van der Waals surface area contributed by atoms with Gasteiger partial charge in [-0.15, -0.1) is 0 Å². The standard InChI is InChI=1S/C12H16F2N2O/c13-8-5-9(14)11(15)10(6-8)16-7-12(17)3-1-2-4-12/h5-6,16-17H,1-4,7,15H2. The van der Waals surface area contributed by atoms with E-state index in [0.29, 0.717) is 12.8 Å². The van der Waals surface area contributed by atoms with Crippen LogP contribution in [0.15, 0.2) is 12.1 Å². The van der Waals surface area contributed by atoms with Crippen molar-refractivity contribution >= 4 is 11.4 Å². The van der Waals surface area contributed by atoms with Gasteiger partial charge in [0, 0.05) is 12.6 Å². The highest BCUT2D eigenvalue weighted by Gasteiger charge is 2.30. The van der Waals surface area contributed by atoms with Crippen molar-refractivity contribution in [3.63, 3.8) is 0 Å². The third-order valence-corrected chi connectivity index (χ3v) is 3.24. The zero-order valence-electron chi connectivity index (χ0n) is 9.47. The van der Waals surface area contributed by atoms with Gasteiger partial charge in [-0.2, -0.15) is 0 Å². The van der Waals surface area contributed by atoms with Gasteiger partial charge in [0.1, 0.15) is 5.82 Å². The van der Waals surface area contributed by atoms with E-state index in [1.165, 1.54) is 0 Å². The number of hydrogen-bond donors (Lipinski definition) is 3. The Labute approximate surface area is 98.6 Å². The topological polar surface area (TPSA) is 58.3 Å². The molecule has 1 saturated carbocycles. The summed E-state index contributed by atoms with van der Waals surface area (Å²) in [5.41, 5.74) is 4.79. The van der Waals surface area contributed by atoms with E-state index in [0.717, 1.165) is 25.0 Å². The quantitative estimate of drug-likeness (QED) is 0.712. The smallest absolute Gasteiger partial charge is 0.151 e. The van der Waals surface area contributed by atoms with Gasteiger partial charge in [0.25, 0.3) is 0 Å². The minimum atomic E-state index is -0.786. The Morgan fingerprint density at radius 3 is 2.59 bits per heavy atom. The molecule has 0 unspecified atom stereocenters. The zero-order valence-corrected chi connectivity index (χ0v) is 9.47. The van der Waals surface area contributed by atoms with Crippen molar-refractivity contribution in [3.05, 3.63) is 23.8 Å². The van der Waals surface area contributed by atoms with E-state index in [1.54, 1.807) is 0 Å². The molecule has 0 amide bonds. The Balaban J connectivity index is 2.08. The lowest BCUT2D eigenvalue weighted by Crippen LogP contribution is -2.33. The van der Waals surface area contributed by atoms with Crippen molar-refractivity contribution in [2.75, 3.05) is 17.6 Å². The van der Waals surface area contributed by atoms with Crippen LogP contribution in [0, 0.1) is 11.6 Å². The molecule has 0 aliphatic heterocycles. The highest BCUT2D eigenvalue weighted by molar-refractivity contribution is 5.66. The van der Waals surface area contributed by atoms with Crippen molar-refractivity contribution in [2.24, 2.45) is 0 Å². The van der Waals surface area contributed by atoms with Gasteiger partial charge in [-0.1, -0.05) is 12.8 Å². The maximum atomic E-state index is 13.2. The fraction of sp³-hybridized carbons (Fsp3) is 0.500. The molecule has 0 bridgehead atoms. The predicted octanol–water partition coefficient (Wildman–Crippen LogP) is 2.26. The lowest BCUT2D eigenvalue weighted by atomic mass is 10.0. The number of anilines is 2. The van der Waals surface area contributed by atoms with E-state index in [1.807, 2.05) is 0 Å². The Kier molecular flexibility index (Phi) is 3.19.